The van der Waals surface area contributed by atoms with Gasteiger partial charge in [-0.25, -0.2) is 0 Å². The predicted octanol–water partition coefficient (Wildman–Crippen LogP) is 2.71. The molecule has 3 heterocycles. The van der Waals surface area contributed by atoms with Crippen LogP contribution in [0.15, 0.2) is 12.1 Å². The molecule has 0 unspecified atom stereocenters. The third-order valence-corrected chi connectivity index (χ3v) is 6.74. The van der Waals surface area contributed by atoms with Crippen molar-refractivity contribution in [1.82, 2.24) is 0 Å². The molecule has 2 spiro atoms. The normalized spacial score (nSPS) is 34.2. The minimum absolute atomic E-state index is 0.0107. The summed E-state index contributed by atoms with van der Waals surface area (Å²) in [4.78, 5) is 12.9. The maximum Gasteiger partial charge on any atom is 0.312 e. The molecule has 1 saturated carbocycles. The second-order valence-corrected chi connectivity index (χ2v) is 7.90. The summed E-state index contributed by atoms with van der Waals surface area (Å²) in [5, 5.41) is 0. The van der Waals surface area contributed by atoms with Gasteiger partial charge in [0.05, 0.1) is 46.1 Å². The van der Waals surface area contributed by atoms with Crippen LogP contribution in [0.25, 0.3) is 0 Å². The Balaban J connectivity index is 1.67. The standard InChI is InChI=1S/C21H26O7/c1-4-25-19(22)15-13-7-8-20(26-9-10-27-20)11-21(13)16-12(17(15)28-21)5-6-14(23-2)18(16)24-3/h5-6,13,15,17H,4,7-11H2,1-3H3/t13-,15-,17-,21-/m0/s1. The van der Waals surface area contributed by atoms with Crippen LogP contribution in [0.3, 0.4) is 0 Å². The second-order valence-electron chi connectivity index (χ2n) is 7.90. The molecule has 1 aromatic carbocycles. The average molecular weight is 390 g/mol. The number of methoxy groups -OCH3 is 2. The SMILES string of the molecule is CCOC(=O)[C@@H]1[C@H]2O[C@]3(CC4(CC[C@@H]13)OCCO4)c1c2ccc(OC)c1OC. The first-order valence-electron chi connectivity index (χ1n) is 9.97. The van der Waals surface area contributed by atoms with Crippen LogP contribution < -0.4 is 9.47 Å². The Morgan fingerprint density at radius 1 is 1.21 bits per heavy atom. The van der Waals surface area contributed by atoms with E-state index >= 15 is 0 Å². The number of hydrogen-bond acceptors (Lipinski definition) is 7. The molecule has 2 bridgehead atoms. The van der Waals surface area contributed by atoms with Crippen LogP contribution in [-0.4, -0.2) is 45.8 Å². The molecule has 4 atom stereocenters. The van der Waals surface area contributed by atoms with Gasteiger partial charge in [0, 0.05) is 24.3 Å². The lowest BCUT2D eigenvalue weighted by Crippen LogP contribution is -2.51. The van der Waals surface area contributed by atoms with E-state index in [0.717, 1.165) is 24.0 Å². The highest BCUT2D eigenvalue weighted by Gasteiger charge is 2.70. The molecule has 4 aliphatic rings. The highest BCUT2D eigenvalue weighted by molar-refractivity contribution is 5.77. The van der Waals surface area contributed by atoms with Gasteiger partial charge in [-0.3, -0.25) is 4.79 Å². The van der Waals surface area contributed by atoms with Gasteiger partial charge >= 0.3 is 5.97 Å². The molecule has 0 radical (unpaired) electrons. The van der Waals surface area contributed by atoms with Crippen LogP contribution in [-0.2, 0) is 29.3 Å². The quantitative estimate of drug-likeness (QED) is 0.732. The van der Waals surface area contributed by atoms with Crippen LogP contribution in [0.2, 0.25) is 0 Å². The summed E-state index contributed by atoms with van der Waals surface area (Å²) in [5.74, 6) is 0.132. The molecule has 3 fully saturated rings. The van der Waals surface area contributed by atoms with E-state index < -0.39 is 11.4 Å². The highest BCUT2D eigenvalue weighted by atomic mass is 16.7. The molecule has 2 saturated heterocycles. The third kappa shape index (κ3) is 2.24. The maximum atomic E-state index is 12.9. The molecular formula is C21H26O7. The molecule has 0 aromatic heterocycles. The number of carbonyl (C=O) groups is 1. The molecule has 0 N–H and O–H groups in total. The number of fused-ring (bicyclic) bond motifs is 3. The van der Waals surface area contributed by atoms with Crippen molar-refractivity contribution in [1.29, 1.82) is 0 Å². The van der Waals surface area contributed by atoms with Gasteiger partial charge < -0.3 is 28.4 Å². The summed E-state index contributed by atoms with van der Waals surface area (Å²) in [6.07, 6.45) is 1.69. The molecule has 28 heavy (non-hydrogen) atoms. The van der Waals surface area contributed by atoms with E-state index in [2.05, 4.69) is 0 Å². The van der Waals surface area contributed by atoms with Crippen molar-refractivity contribution < 1.29 is 33.2 Å². The number of carbonyl (C=O) groups excluding carboxylic acids is 1. The number of hydrogen-bond donors (Lipinski definition) is 0. The van der Waals surface area contributed by atoms with Gasteiger partial charge in [0.2, 0.25) is 0 Å². The van der Waals surface area contributed by atoms with Crippen LogP contribution in [0.1, 0.15) is 43.4 Å². The van der Waals surface area contributed by atoms with Gasteiger partial charge in [0.15, 0.2) is 17.3 Å². The molecule has 3 aliphatic heterocycles. The topological polar surface area (TPSA) is 72.5 Å². The first-order chi connectivity index (χ1) is 13.6. The van der Waals surface area contributed by atoms with E-state index in [0.29, 0.717) is 37.7 Å². The van der Waals surface area contributed by atoms with Crippen molar-refractivity contribution in [3.05, 3.63) is 23.3 Å². The van der Waals surface area contributed by atoms with Crippen LogP contribution in [0.5, 0.6) is 11.5 Å². The Hall–Kier alpha value is -1.83. The van der Waals surface area contributed by atoms with Crippen LogP contribution >= 0.6 is 0 Å². The van der Waals surface area contributed by atoms with E-state index in [-0.39, 0.29) is 23.9 Å². The lowest BCUT2D eigenvalue weighted by Gasteiger charge is -2.47. The Morgan fingerprint density at radius 2 is 2.00 bits per heavy atom. The Labute approximate surface area is 164 Å². The molecular weight excluding hydrogens is 364 g/mol. The minimum Gasteiger partial charge on any atom is -0.493 e. The molecule has 1 aliphatic carbocycles. The number of benzene rings is 1. The molecule has 7 nitrogen and oxygen atoms in total. The monoisotopic (exact) mass is 390 g/mol. The Kier molecular flexibility index (Phi) is 4.12. The average Bonchev–Trinajstić information content (AvgIpc) is 3.37. The van der Waals surface area contributed by atoms with E-state index in [4.69, 9.17) is 28.4 Å². The first kappa shape index (κ1) is 18.2. The van der Waals surface area contributed by atoms with E-state index in [1.165, 1.54) is 0 Å². The van der Waals surface area contributed by atoms with E-state index in [1.807, 2.05) is 19.1 Å². The van der Waals surface area contributed by atoms with Gasteiger partial charge in [0.1, 0.15) is 5.60 Å². The van der Waals surface area contributed by atoms with Crippen molar-refractivity contribution in [2.45, 2.75) is 43.7 Å². The largest absolute Gasteiger partial charge is 0.493 e. The van der Waals surface area contributed by atoms with Crippen molar-refractivity contribution in [2.75, 3.05) is 34.0 Å². The number of ether oxygens (including phenoxy) is 6. The summed E-state index contributed by atoms with van der Waals surface area (Å²) in [6.45, 7) is 3.34. The van der Waals surface area contributed by atoms with Gasteiger partial charge in [-0.15, -0.1) is 0 Å². The summed E-state index contributed by atoms with van der Waals surface area (Å²) >= 11 is 0. The van der Waals surface area contributed by atoms with Gasteiger partial charge in [-0.2, -0.15) is 0 Å². The summed E-state index contributed by atoms with van der Waals surface area (Å²) < 4.78 is 35.4. The van der Waals surface area contributed by atoms with Crippen molar-refractivity contribution in [3.63, 3.8) is 0 Å². The fourth-order valence-electron chi connectivity index (χ4n) is 5.81. The minimum atomic E-state index is -0.708. The zero-order chi connectivity index (χ0) is 19.5. The fraction of sp³-hybridized carbons (Fsp3) is 0.667. The smallest absolute Gasteiger partial charge is 0.312 e. The second kappa shape index (κ2) is 6.34. The van der Waals surface area contributed by atoms with Crippen molar-refractivity contribution >= 4 is 5.97 Å². The molecule has 5 rings (SSSR count). The van der Waals surface area contributed by atoms with Gasteiger partial charge in [0.25, 0.3) is 0 Å². The molecule has 7 heteroatoms. The zero-order valence-electron chi connectivity index (χ0n) is 16.5. The zero-order valence-corrected chi connectivity index (χ0v) is 16.5. The third-order valence-electron chi connectivity index (χ3n) is 6.74. The Morgan fingerprint density at radius 3 is 2.68 bits per heavy atom. The number of esters is 1. The summed E-state index contributed by atoms with van der Waals surface area (Å²) in [6, 6.07) is 3.85. The highest BCUT2D eigenvalue weighted by Crippen LogP contribution is 2.70. The number of rotatable bonds is 4. The summed E-state index contributed by atoms with van der Waals surface area (Å²) in [7, 11) is 3.26. The molecule has 0 amide bonds. The maximum absolute atomic E-state index is 12.9. The van der Waals surface area contributed by atoms with Crippen molar-refractivity contribution in [3.8, 4) is 11.5 Å². The molecule has 152 valence electrons. The van der Waals surface area contributed by atoms with E-state index in [9.17, 15) is 4.79 Å². The lowest BCUT2D eigenvalue weighted by atomic mass is 9.61. The van der Waals surface area contributed by atoms with Crippen molar-refractivity contribution in [2.24, 2.45) is 11.8 Å². The molecule has 1 aromatic rings. The van der Waals surface area contributed by atoms with Gasteiger partial charge in [-0.1, -0.05) is 6.07 Å². The van der Waals surface area contributed by atoms with Crippen LogP contribution in [0, 0.1) is 11.8 Å². The predicted molar refractivity (Wildman–Crippen MR) is 97.1 cm³/mol. The van der Waals surface area contributed by atoms with Gasteiger partial charge in [-0.05, 0) is 25.0 Å². The fourth-order valence-corrected chi connectivity index (χ4v) is 5.81. The van der Waals surface area contributed by atoms with Crippen LogP contribution in [0.4, 0.5) is 0 Å². The summed E-state index contributed by atoms with van der Waals surface area (Å²) in [5.41, 5.74) is 1.24. The lowest BCUT2D eigenvalue weighted by molar-refractivity contribution is -0.231. The van der Waals surface area contributed by atoms with E-state index in [1.54, 1.807) is 14.2 Å². The first-order valence-corrected chi connectivity index (χ1v) is 9.97. The Bertz CT molecular complexity index is 800.